The molecule has 0 saturated carbocycles. The minimum absolute atomic E-state index is 0.0756. The molecule has 0 unspecified atom stereocenters. The number of thioether (sulfide) groups is 1. The second-order valence-corrected chi connectivity index (χ2v) is 12.1. The van der Waals surface area contributed by atoms with E-state index in [-0.39, 0.29) is 32.7 Å². The van der Waals surface area contributed by atoms with E-state index in [2.05, 4.69) is 25.1 Å². The first kappa shape index (κ1) is 32.7. The maximum Gasteiger partial charge on any atom is 0.416 e. The highest BCUT2D eigenvalue weighted by Crippen LogP contribution is 2.34. The Bertz CT molecular complexity index is 2160. The van der Waals surface area contributed by atoms with Gasteiger partial charge in [0.1, 0.15) is 21.5 Å². The SMILES string of the molecule is N=C(SC(=N)c1cccc(-c2nnc(-c3cccc(-c4cccc(C(F)(F)F)c4)n3)s2)n1)c1cccc(-c2cccc(C(F)(F)F)c2)n1. The highest BCUT2D eigenvalue weighted by atomic mass is 32.2. The summed E-state index contributed by atoms with van der Waals surface area (Å²) in [7, 11) is 0. The molecular weight excluding hydrogens is 673 g/mol. The van der Waals surface area contributed by atoms with Crippen molar-refractivity contribution in [3.63, 3.8) is 0 Å². The fourth-order valence-corrected chi connectivity index (χ4v) is 5.89. The zero-order valence-electron chi connectivity index (χ0n) is 24.1. The van der Waals surface area contributed by atoms with Crippen LogP contribution in [0.4, 0.5) is 26.3 Å². The molecule has 2 N–H and O–H groups in total. The first-order valence-corrected chi connectivity index (χ1v) is 15.4. The zero-order valence-corrected chi connectivity index (χ0v) is 25.8. The molecule has 0 aliphatic heterocycles. The van der Waals surface area contributed by atoms with Crippen LogP contribution in [0.1, 0.15) is 22.5 Å². The van der Waals surface area contributed by atoms with E-state index < -0.39 is 23.5 Å². The standard InChI is InChI=1S/C33H19F6N7S2/c34-32(35,36)20-8-1-6-18(16-20)22-10-3-12-24(42-22)28(40)47-29(41)25-13-5-15-27(44-25)31-46-45-30(48-31)26-14-4-11-23(43-26)19-7-2-9-21(17-19)33(37,38)39/h1-17,40-41H. The molecule has 4 heterocycles. The van der Waals surface area contributed by atoms with Gasteiger partial charge in [-0.25, -0.2) is 15.0 Å². The highest BCUT2D eigenvalue weighted by molar-refractivity contribution is 8.27. The van der Waals surface area contributed by atoms with Gasteiger partial charge in [-0.1, -0.05) is 53.8 Å². The maximum absolute atomic E-state index is 13.2. The van der Waals surface area contributed by atoms with E-state index in [1.54, 1.807) is 48.5 Å². The van der Waals surface area contributed by atoms with Crippen LogP contribution in [0.25, 0.3) is 43.9 Å². The third kappa shape index (κ3) is 7.31. The molecule has 0 bridgehead atoms. The third-order valence-corrected chi connectivity index (χ3v) is 8.55. The van der Waals surface area contributed by atoms with Crippen LogP contribution in [0.15, 0.2) is 103 Å². The summed E-state index contributed by atoms with van der Waals surface area (Å²) in [5.41, 5.74) is 0.723. The van der Waals surface area contributed by atoms with E-state index in [0.29, 0.717) is 32.7 Å². The Morgan fingerprint density at radius 2 is 0.917 bits per heavy atom. The number of pyridine rings is 3. The second-order valence-electron chi connectivity index (χ2n) is 10.1. The van der Waals surface area contributed by atoms with Crippen molar-refractivity contribution < 1.29 is 26.3 Å². The number of hydrogen-bond donors (Lipinski definition) is 2. The van der Waals surface area contributed by atoms with Gasteiger partial charge < -0.3 is 0 Å². The van der Waals surface area contributed by atoms with Crippen molar-refractivity contribution in [2.75, 3.05) is 0 Å². The Kier molecular flexibility index (Phi) is 8.90. The lowest BCUT2D eigenvalue weighted by molar-refractivity contribution is -0.138. The average Bonchev–Trinajstić information content (AvgIpc) is 3.59. The van der Waals surface area contributed by atoms with E-state index >= 15 is 0 Å². The Hall–Kier alpha value is -5.28. The summed E-state index contributed by atoms with van der Waals surface area (Å²) >= 11 is 1.93. The van der Waals surface area contributed by atoms with Crippen LogP contribution in [-0.2, 0) is 12.4 Å². The monoisotopic (exact) mass is 691 g/mol. The molecule has 15 heteroatoms. The van der Waals surface area contributed by atoms with Crippen LogP contribution in [0.3, 0.4) is 0 Å². The van der Waals surface area contributed by atoms with Gasteiger partial charge in [0.05, 0.1) is 33.9 Å². The fraction of sp³-hybridized carbons (Fsp3) is 0.0606. The molecule has 7 nitrogen and oxygen atoms in total. The lowest BCUT2D eigenvalue weighted by atomic mass is 10.1. The van der Waals surface area contributed by atoms with Crippen LogP contribution in [0.5, 0.6) is 0 Å². The lowest BCUT2D eigenvalue weighted by Crippen LogP contribution is -2.06. The van der Waals surface area contributed by atoms with Crippen LogP contribution < -0.4 is 0 Å². The number of halogens is 6. The summed E-state index contributed by atoms with van der Waals surface area (Å²) < 4.78 is 79.3. The quantitative estimate of drug-likeness (QED) is 0.102. The van der Waals surface area contributed by atoms with Gasteiger partial charge in [-0.05, 0) is 72.4 Å². The largest absolute Gasteiger partial charge is 0.416 e. The maximum atomic E-state index is 13.2. The predicted molar refractivity (Wildman–Crippen MR) is 173 cm³/mol. The fourth-order valence-electron chi connectivity index (χ4n) is 4.46. The predicted octanol–water partition coefficient (Wildman–Crippen LogP) is 9.51. The summed E-state index contributed by atoms with van der Waals surface area (Å²) in [6.45, 7) is 0. The van der Waals surface area contributed by atoms with Crippen LogP contribution in [-0.4, -0.2) is 35.2 Å². The molecule has 0 atom stereocenters. The second kappa shape index (κ2) is 13.1. The first-order chi connectivity index (χ1) is 22.8. The summed E-state index contributed by atoms with van der Waals surface area (Å²) in [6, 6.07) is 24.1. The zero-order chi connectivity index (χ0) is 34.1. The number of aromatic nitrogens is 5. The molecular formula is C33H19F6N7S2. The smallest absolute Gasteiger partial charge is 0.292 e. The molecule has 0 aliphatic carbocycles. The molecule has 240 valence electrons. The topological polar surface area (TPSA) is 112 Å². The van der Waals surface area contributed by atoms with Gasteiger partial charge in [-0.15, -0.1) is 10.2 Å². The van der Waals surface area contributed by atoms with Crippen molar-refractivity contribution in [3.05, 3.63) is 126 Å². The van der Waals surface area contributed by atoms with Gasteiger partial charge >= 0.3 is 12.4 Å². The van der Waals surface area contributed by atoms with Crippen molar-refractivity contribution in [2.45, 2.75) is 12.4 Å². The molecule has 0 aliphatic rings. The van der Waals surface area contributed by atoms with Gasteiger partial charge in [0.15, 0.2) is 10.0 Å². The molecule has 0 saturated heterocycles. The summed E-state index contributed by atoms with van der Waals surface area (Å²) in [6.07, 6.45) is -9.00. The Morgan fingerprint density at radius 3 is 1.42 bits per heavy atom. The number of nitrogens with one attached hydrogen (secondary N) is 2. The molecule has 0 amide bonds. The highest BCUT2D eigenvalue weighted by Gasteiger charge is 2.31. The lowest BCUT2D eigenvalue weighted by Gasteiger charge is -2.10. The molecule has 0 spiro atoms. The summed E-state index contributed by atoms with van der Waals surface area (Å²) in [5.74, 6) is 0. The number of rotatable bonds is 6. The van der Waals surface area contributed by atoms with E-state index in [4.69, 9.17) is 10.8 Å². The molecule has 4 aromatic heterocycles. The van der Waals surface area contributed by atoms with Crippen LogP contribution in [0, 0.1) is 10.8 Å². The minimum Gasteiger partial charge on any atom is -0.292 e. The Labute approximate surface area is 276 Å². The van der Waals surface area contributed by atoms with Gasteiger partial charge in [0, 0.05) is 11.1 Å². The van der Waals surface area contributed by atoms with Crippen molar-refractivity contribution in [2.24, 2.45) is 0 Å². The van der Waals surface area contributed by atoms with E-state index in [1.807, 2.05) is 0 Å². The van der Waals surface area contributed by atoms with Crippen molar-refractivity contribution in [1.82, 2.24) is 25.1 Å². The molecule has 6 aromatic rings. The summed E-state index contributed by atoms with van der Waals surface area (Å²) in [5, 5.41) is 26.1. The average molecular weight is 692 g/mol. The number of nitrogens with zero attached hydrogens (tertiary/aromatic N) is 5. The number of benzene rings is 2. The van der Waals surface area contributed by atoms with Crippen molar-refractivity contribution in [3.8, 4) is 43.9 Å². The Balaban J connectivity index is 1.18. The van der Waals surface area contributed by atoms with Gasteiger partial charge in [-0.3, -0.25) is 10.8 Å². The minimum atomic E-state index is -4.51. The van der Waals surface area contributed by atoms with Crippen LogP contribution in [0.2, 0.25) is 0 Å². The van der Waals surface area contributed by atoms with E-state index in [1.165, 1.54) is 30.3 Å². The van der Waals surface area contributed by atoms with Crippen molar-refractivity contribution in [1.29, 1.82) is 10.8 Å². The number of hydrogen-bond acceptors (Lipinski definition) is 9. The molecule has 0 fully saturated rings. The molecule has 0 radical (unpaired) electrons. The summed E-state index contributed by atoms with van der Waals surface area (Å²) in [4.78, 5) is 13.3. The van der Waals surface area contributed by atoms with Crippen LogP contribution >= 0.6 is 23.1 Å². The molecule has 2 aromatic carbocycles. The van der Waals surface area contributed by atoms with Gasteiger partial charge in [0.25, 0.3) is 0 Å². The number of alkyl halides is 6. The van der Waals surface area contributed by atoms with E-state index in [0.717, 1.165) is 47.4 Å². The molecule has 6 rings (SSSR count). The van der Waals surface area contributed by atoms with E-state index in [9.17, 15) is 26.3 Å². The van der Waals surface area contributed by atoms with Gasteiger partial charge in [-0.2, -0.15) is 26.3 Å². The van der Waals surface area contributed by atoms with Crippen molar-refractivity contribution >= 4 is 33.2 Å². The third-order valence-electron chi connectivity index (χ3n) is 6.75. The normalized spacial score (nSPS) is 11.8. The van der Waals surface area contributed by atoms with Gasteiger partial charge in [0.2, 0.25) is 0 Å². The molecule has 48 heavy (non-hydrogen) atoms. The Morgan fingerprint density at radius 1 is 0.521 bits per heavy atom. The first-order valence-electron chi connectivity index (χ1n) is 13.8.